The summed E-state index contributed by atoms with van der Waals surface area (Å²) in [5.41, 5.74) is 7.03. The summed E-state index contributed by atoms with van der Waals surface area (Å²) in [4.78, 5) is 42.0. The number of anilines is 1. The molecule has 3 aromatic rings. The molecule has 9 nitrogen and oxygen atoms in total. The summed E-state index contributed by atoms with van der Waals surface area (Å²) in [6.45, 7) is 4.91. The number of carbonyl (C=O) groups is 3. The van der Waals surface area contributed by atoms with Crippen molar-refractivity contribution in [2.45, 2.75) is 26.8 Å². The summed E-state index contributed by atoms with van der Waals surface area (Å²) in [5.74, 6) is -2.24. The van der Waals surface area contributed by atoms with Gasteiger partial charge in [0.2, 0.25) is 0 Å². The largest absolute Gasteiger partial charge is 0.507 e. The third kappa shape index (κ3) is 3.32. The second-order valence-corrected chi connectivity index (χ2v) is 8.42. The van der Waals surface area contributed by atoms with E-state index >= 15 is 0 Å². The Hall–Kier alpha value is -3.66. The van der Waals surface area contributed by atoms with Crippen molar-refractivity contribution >= 4 is 45.1 Å². The molecule has 2 aromatic heterocycles. The van der Waals surface area contributed by atoms with E-state index in [1.807, 2.05) is 0 Å². The maximum atomic E-state index is 13.2. The van der Waals surface area contributed by atoms with Gasteiger partial charge in [0.05, 0.1) is 11.6 Å². The van der Waals surface area contributed by atoms with Gasteiger partial charge in [-0.2, -0.15) is 0 Å². The van der Waals surface area contributed by atoms with Gasteiger partial charge in [0, 0.05) is 21.8 Å². The van der Waals surface area contributed by atoms with E-state index in [0.717, 1.165) is 4.47 Å². The molecule has 2 amide bonds. The van der Waals surface area contributed by atoms with Crippen LogP contribution in [0.15, 0.2) is 44.9 Å². The van der Waals surface area contributed by atoms with Crippen LogP contribution in [0.1, 0.15) is 44.7 Å². The zero-order valence-electron chi connectivity index (χ0n) is 17.4. The molecule has 10 heteroatoms. The molecule has 0 spiro atoms. The molecular weight excluding hydrogens is 480 g/mol. The average Bonchev–Trinajstić information content (AvgIpc) is 3.36. The lowest BCUT2D eigenvalue weighted by atomic mass is 9.94. The summed E-state index contributed by atoms with van der Waals surface area (Å²) < 4.78 is 5.84. The fraction of sp³-hybridized carbons (Fsp3) is 0.182. The monoisotopic (exact) mass is 498 g/mol. The first-order valence-corrected chi connectivity index (χ1v) is 10.4. The number of primary amides is 1. The van der Waals surface area contributed by atoms with Crippen LogP contribution in [0.25, 0.3) is 5.76 Å². The minimum absolute atomic E-state index is 0.115. The summed E-state index contributed by atoms with van der Waals surface area (Å²) in [6, 6.07) is 7.60. The zero-order valence-corrected chi connectivity index (χ0v) is 19.0. The van der Waals surface area contributed by atoms with Crippen molar-refractivity contribution in [2.24, 2.45) is 5.73 Å². The molecule has 0 saturated carbocycles. The molecule has 32 heavy (non-hydrogen) atoms. The molecule has 1 unspecified atom stereocenters. The number of nitrogens with one attached hydrogen (secondary N) is 1. The summed E-state index contributed by atoms with van der Waals surface area (Å²) in [6.07, 6.45) is 0. The van der Waals surface area contributed by atoms with Crippen LogP contribution >= 0.6 is 15.9 Å². The Morgan fingerprint density at radius 1 is 1.25 bits per heavy atom. The van der Waals surface area contributed by atoms with Gasteiger partial charge in [-0.15, -0.1) is 0 Å². The van der Waals surface area contributed by atoms with Crippen molar-refractivity contribution in [2.75, 3.05) is 4.90 Å². The first-order valence-electron chi connectivity index (χ1n) is 9.61. The standard InChI is InChI=1S/C22H19BrN4O5/c1-9-7-14(26-32-9)27-18(12-5-4-6-13(23)8-12)16(20(29)22(27)31)19(28)15-10(2)17(21(24)30)25-11(15)3/h4-8,18,25,28H,1-3H3,(H2,24,30)/b19-16+. The van der Waals surface area contributed by atoms with Crippen LogP contribution in [-0.4, -0.2) is 32.8 Å². The number of aromatic nitrogens is 2. The highest BCUT2D eigenvalue weighted by Gasteiger charge is 2.48. The van der Waals surface area contributed by atoms with Crippen LogP contribution in [0.3, 0.4) is 0 Å². The number of aliphatic hydroxyl groups excluding tert-OH is 1. The molecule has 1 fully saturated rings. The average molecular weight is 499 g/mol. The number of halogens is 1. The minimum Gasteiger partial charge on any atom is -0.507 e. The molecule has 3 heterocycles. The molecule has 1 atom stereocenters. The van der Waals surface area contributed by atoms with Gasteiger partial charge in [-0.05, 0) is 44.0 Å². The predicted octanol–water partition coefficient (Wildman–Crippen LogP) is 3.42. The topological polar surface area (TPSA) is 143 Å². The molecular formula is C22H19BrN4O5. The third-order valence-electron chi connectivity index (χ3n) is 5.39. The van der Waals surface area contributed by atoms with Crippen molar-refractivity contribution in [3.63, 3.8) is 0 Å². The second kappa shape index (κ2) is 7.79. The number of aryl methyl sites for hydroxylation is 2. The number of nitrogens with two attached hydrogens (primary N) is 1. The van der Waals surface area contributed by atoms with Crippen LogP contribution in [0.5, 0.6) is 0 Å². The van der Waals surface area contributed by atoms with Gasteiger partial charge in [0.1, 0.15) is 17.2 Å². The van der Waals surface area contributed by atoms with E-state index in [0.29, 0.717) is 22.6 Å². The number of hydrogen-bond acceptors (Lipinski definition) is 6. The number of Topliss-reactive ketones (excluding diaryl/α,β-unsaturated/α-hetero) is 1. The van der Waals surface area contributed by atoms with Crippen molar-refractivity contribution in [1.82, 2.24) is 10.1 Å². The smallest absolute Gasteiger partial charge is 0.301 e. The summed E-state index contributed by atoms with van der Waals surface area (Å²) in [7, 11) is 0. The number of H-pyrrole nitrogens is 1. The number of carbonyl (C=O) groups excluding carboxylic acids is 3. The molecule has 4 N–H and O–H groups in total. The van der Waals surface area contributed by atoms with Crippen LogP contribution in [0, 0.1) is 20.8 Å². The summed E-state index contributed by atoms with van der Waals surface area (Å²) >= 11 is 3.41. The lowest BCUT2D eigenvalue weighted by molar-refractivity contribution is -0.132. The fourth-order valence-electron chi connectivity index (χ4n) is 4.01. The van der Waals surface area contributed by atoms with Crippen LogP contribution in [-0.2, 0) is 9.59 Å². The quantitative estimate of drug-likeness (QED) is 0.285. The van der Waals surface area contributed by atoms with E-state index in [1.165, 1.54) is 11.0 Å². The molecule has 1 saturated heterocycles. The van der Waals surface area contributed by atoms with E-state index in [-0.39, 0.29) is 22.6 Å². The Morgan fingerprint density at radius 2 is 1.97 bits per heavy atom. The molecule has 1 aromatic carbocycles. The fourth-order valence-corrected chi connectivity index (χ4v) is 4.43. The van der Waals surface area contributed by atoms with E-state index in [4.69, 9.17) is 10.3 Å². The third-order valence-corrected chi connectivity index (χ3v) is 5.89. The Bertz CT molecular complexity index is 1320. The molecule has 0 radical (unpaired) electrons. The van der Waals surface area contributed by atoms with Gasteiger partial charge in [-0.25, -0.2) is 0 Å². The number of aromatic amines is 1. The number of hydrogen-bond donors (Lipinski definition) is 3. The van der Waals surface area contributed by atoms with Crippen molar-refractivity contribution < 1.29 is 24.0 Å². The highest BCUT2D eigenvalue weighted by Crippen LogP contribution is 2.43. The first kappa shape index (κ1) is 21.6. The zero-order chi connectivity index (χ0) is 23.3. The SMILES string of the molecule is Cc1cc(N2C(=O)C(=O)/C(=C(/O)c3c(C)[nH]c(C(N)=O)c3C)C2c2cccc(Br)c2)no1. The highest BCUT2D eigenvalue weighted by atomic mass is 79.9. The van der Waals surface area contributed by atoms with Gasteiger partial charge in [-0.3, -0.25) is 19.3 Å². The van der Waals surface area contributed by atoms with Crippen LogP contribution in [0.4, 0.5) is 5.82 Å². The summed E-state index contributed by atoms with van der Waals surface area (Å²) in [5, 5.41) is 15.2. The molecule has 164 valence electrons. The Kier molecular flexibility index (Phi) is 5.25. The van der Waals surface area contributed by atoms with Crippen LogP contribution in [0.2, 0.25) is 0 Å². The van der Waals surface area contributed by atoms with Crippen LogP contribution < -0.4 is 10.6 Å². The van der Waals surface area contributed by atoms with Gasteiger partial charge in [0.15, 0.2) is 5.82 Å². The minimum atomic E-state index is -0.970. The Labute approximate surface area is 191 Å². The normalized spacial score (nSPS) is 17.9. The number of amides is 2. The molecule has 4 rings (SSSR count). The van der Waals surface area contributed by atoms with Gasteiger partial charge in [0.25, 0.3) is 11.7 Å². The number of nitrogens with zero attached hydrogens (tertiary/aromatic N) is 2. The molecule has 0 bridgehead atoms. The molecule has 0 aliphatic carbocycles. The molecule has 1 aliphatic rings. The van der Waals surface area contributed by atoms with Crippen molar-refractivity contribution in [1.29, 1.82) is 0 Å². The second-order valence-electron chi connectivity index (χ2n) is 7.51. The number of aliphatic hydroxyl groups is 1. The van der Waals surface area contributed by atoms with E-state index in [9.17, 15) is 19.5 Å². The lowest BCUT2D eigenvalue weighted by Crippen LogP contribution is -2.29. The predicted molar refractivity (Wildman–Crippen MR) is 119 cm³/mol. The first-order chi connectivity index (χ1) is 15.1. The highest BCUT2D eigenvalue weighted by molar-refractivity contribution is 9.10. The molecule has 1 aliphatic heterocycles. The van der Waals surface area contributed by atoms with Gasteiger partial charge in [-0.1, -0.05) is 33.2 Å². The van der Waals surface area contributed by atoms with Gasteiger partial charge < -0.3 is 20.3 Å². The lowest BCUT2D eigenvalue weighted by Gasteiger charge is -2.23. The van der Waals surface area contributed by atoms with E-state index in [1.54, 1.807) is 45.0 Å². The van der Waals surface area contributed by atoms with E-state index < -0.39 is 29.4 Å². The van der Waals surface area contributed by atoms with Gasteiger partial charge >= 0.3 is 5.91 Å². The Balaban J connectivity index is 2.00. The van der Waals surface area contributed by atoms with E-state index in [2.05, 4.69) is 26.1 Å². The number of ketones is 1. The maximum absolute atomic E-state index is 13.2. The number of benzene rings is 1. The Morgan fingerprint density at radius 3 is 2.53 bits per heavy atom. The maximum Gasteiger partial charge on any atom is 0.301 e. The van der Waals surface area contributed by atoms with Crippen molar-refractivity contribution in [3.05, 3.63) is 74.2 Å². The number of rotatable bonds is 4. The van der Waals surface area contributed by atoms with Crippen molar-refractivity contribution in [3.8, 4) is 0 Å².